The topological polar surface area (TPSA) is 80.7 Å². The second-order valence-corrected chi connectivity index (χ2v) is 4.45. The van der Waals surface area contributed by atoms with Crippen LogP contribution >= 0.6 is 0 Å². The maximum Gasteiger partial charge on any atom is 0.0931 e. The van der Waals surface area contributed by atoms with E-state index in [4.69, 9.17) is 11.5 Å². The van der Waals surface area contributed by atoms with Gasteiger partial charge in [0.2, 0.25) is 0 Å². The minimum Gasteiger partial charge on any atom is -0.397 e. The lowest BCUT2D eigenvalue weighted by Crippen LogP contribution is -1.95. The fourth-order valence-electron chi connectivity index (χ4n) is 1.82. The number of hydrogen-bond acceptors (Lipinski definition) is 3. The van der Waals surface area contributed by atoms with Crippen molar-refractivity contribution in [2.75, 3.05) is 11.5 Å². The maximum absolute atomic E-state index is 5.56. The van der Waals surface area contributed by atoms with E-state index in [1.54, 1.807) is 12.4 Å². The lowest BCUT2D eigenvalue weighted by molar-refractivity contribution is 1.34. The van der Waals surface area contributed by atoms with Gasteiger partial charge in [-0.15, -0.1) is 0 Å². The van der Waals surface area contributed by atoms with Gasteiger partial charge in [-0.2, -0.15) is 0 Å². The normalized spacial score (nSPS) is 10.0. The zero-order valence-corrected chi connectivity index (χ0v) is 11.1. The molecule has 0 bridgehead atoms. The fourth-order valence-corrected chi connectivity index (χ4v) is 1.82. The van der Waals surface area contributed by atoms with Crippen molar-refractivity contribution in [1.82, 2.24) is 9.97 Å². The number of para-hydroxylation sites is 2. The number of nitrogens with two attached hydrogens (primary N) is 2. The minimum absolute atomic E-state index is 0.662. The first-order valence-electron chi connectivity index (χ1n) is 6.09. The highest BCUT2D eigenvalue weighted by Crippen LogP contribution is 2.17. The summed E-state index contributed by atoms with van der Waals surface area (Å²) in [6.07, 6.45) is 1.72. The Morgan fingerprint density at radius 3 is 2.26 bits per heavy atom. The van der Waals surface area contributed by atoms with Gasteiger partial charge in [0.15, 0.2) is 0 Å². The molecule has 0 atom stereocenters. The summed E-state index contributed by atoms with van der Waals surface area (Å²) >= 11 is 0. The number of aryl methyl sites for hydroxylation is 2. The Hall–Kier alpha value is -2.49. The highest BCUT2D eigenvalue weighted by molar-refractivity contribution is 5.77. The summed E-state index contributed by atoms with van der Waals surface area (Å²) in [6, 6.07) is 11.7. The number of imidazole rings is 1. The van der Waals surface area contributed by atoms with E-state index in [1.807, 2.05) is 31.2 Å². The highest BCUT2D eigenvalue weighted by Gasteiger charge is 1.95. The monoisotopic (exact) mass is 254 g/mol. The van der Waals surface area contributed by atoms with Crippen LogP contribution in [0.2, 0.25) is 0 Å². The van der Waals surface area contributed by atoms with Gasteiger partial charge < -0.3 is 16.5 Å². The third-order valence-corrected chi connectivity index (χ3v) is 3.01. The van der Waals surface area contributed by atoms with E-state index in [9.17, 15) is 0 Å². The number of hydrogen-bond donors (Lipinski definition) is 3. The quantitative estimate of drug-likeness (QED) is 0.539. The van der Waals surface area contributed by atoms with Crippen molar-refractivity contribution < 1.29 is 0 Å². The number of H-pyrrole nitrogens is 1. The fraction of sp³-hybridized carbons (Fsp3) is 0.133. The van der Waals surface area contributed by atoms with E-state index in [1.165, 1.54) is 5.56 Å². The minimum atomic E-state index is 0.662. The van der Waals surface area contributed by atoms with Crippen LogP contribution in [0.3, 0.4) is 0 Å². The summed E-state index contributed by atoms with van der Waals surface area (Å²) in [7, 11) is 0. The molecule has 0 spiro atoms. The molecule has 0 saturated carbocycles. The van der Waals surface area contributed by atoms with Crippen LogP contribution in [0.1, 0.15) is 11.1 Å². The molecule has 0 amide bonds. The van der Waals surface area contributed by atoms with Crippen LogP contribution < -0.4 is 11.5 Å². The lowest BCUT2D eigenvalue weighted by atomic mass is 10.2. The first-order chi connectivity index (χ1) is 9.09. The molecule has 3 rings (SSSR count). The van der Waals surface area contributed by atoms with Crippen LogP contribution in [-0.4, -0.2) is 9.97 Å². The molecule has 3 aromatic rings. The number of nitrogens with zero attached hydrogens (tertiary/aromatic N) is 1. The Bertz CT molecular complexity index is 665. The summed E-state index contributed by atoms with van der Waals surface area (Å²) < 4.78 is 0. The number of rotatable bonds is 0. The molecule has 1 heterocycles. The Kier molecular flexibility index (Phi) is 3.71. The van der Waals surface area contributed by atoms with Gasteiger partial charge in [-0.25, -0.2) is 4.98 Å². The lowest BCUT2D eigenvalue weighted by Gasteiger charge is -2.00. The highest BCUT2D eigenvalue weighted by atomic mass is 14.9. The standard InChI is InChI=1S/C8H8N2.C7H10N2/c1-6-3-2-4-7-8(6)10-5-9-7;1-5-3-2-4-6(8)7(5)9/h2-5H,1H3,(H,9,10);2-4H,8-9H2,1H3. The number of benzene rings is 2. The average molecular weight is 254 g/mol. The maximum atomic E-state index is 5.56. The number of nitrogen functional groups attached to an aromatic ring is 2. The predicted molar refractivity (Wildman–Crippen MR) is 80.8 cm³/mol. The molecule has 5 N–H and O–H groups in total. The van der Waals surface area contributed by atoms with Crippen molar-refractivity contribution in [3.63, 3.8) is 0 Å². The van der Waals surface area contributed by atoms with E-state index >= 15 is 0 Å². The van der Waals surface area contributed by atoms with Gasteiger partial charge in [-0.3, -0.25) is 0 Å². The van der Waals surface area contributed by atoms with Gasteiger partial charge in [0.05, 0.1) is 28.7 Å². The second kappa shape index (κ2) is 5.44. The zero-order valence-electron chi connectivity index (χ0n) is 11.1. The molecule has 0 aliphatic heterocycles. The molecule has 1 aromatic heterocycles. The van der Waals surface area contributed by atoms with Crippen molar-refractivity contribution in [2.45, 2.75) is 13.8 Å². The molecule has 0 aliphatic rings. The molecule has 4 heteroatoms. The van der Waals surface area contributed by atoms with Crippen LogP contribution in [0.15, 0.2) is 42.7 Å². The smallest absolute Gasteiger partial charge is 0.0931 e. The van der Waals surface area contributed by atoms with Gasteiger partial charge >= 0.3 is 0 Å². The Morgan fingerprint density at radius 1 is 0.947 bits per heavy atom. The first kappa shape index (κ1) is 13.0. The van der Waals surface area contributed by atoms with Gasteiger partial charge in [-0.1, -0.05) is 24.3 Å². The Morgan fingerprint density at radius 2 is 1.63 bits per heavy atom. The van der Waals surface area contributed by atoms with Crippen molar-refractivity contribution >= 4 is 22.4 Å². The van der Waals surface area contributed by atoms with E-state index in [-0.39, 0.29) is 0 Å². The number of fused-ring (bicyclic) bond motifs is 1. The third kappa shape index (κ3) is 2.85. The Balaban J connectivity index is 0.000000141. The van der Waals surface area contributed by atoms with Gasteiger partial charge in [0, 0.05) is 0 Å². The number of nitrogens with one attached hydrogen (secondary N) is 1. The van der Waals surface area contributed by atoms with Crippen molar-refractivity contribution in [3.05, 3.63) is 53.9 Å². The molecule has 0 fully saturated rings. The summed E-state index contributed by atoms with van der Waals surface area (Å²) in [5, 5.41) is 0. The molecule has 0 aliphatic carbocycles. The second-order valence-electron chi connectivity index (χ2n) is 4.45. The van der Waals surface area contributed by atoms with Crippen molar-refractivity contribution in [3.8, 4) is 0 Å². The number of aromatic amines is 1. The molecule has 0 saturated heterocycles. The van der Waals surface area contributed by atoms with Crippen LogP contribution in [-0.2, 0) is 0 Å². The van der Waals surface area contributed by atoms with Crippen LogP contribution in [0.4, 0.5) is 11.4 Å². The van der Waals surface area contributed by atoms with Crippen LogP contribution in [0.25, 0.3) is 11.0 Å². The summed E-state index contributed by atoms with van der Waals surface area (Å²) in [4.78, 5) is 7.21. The van der Waals surface area contributed by atoms with Crippen molar-refractivity contribution in [1.29, 1.82) is 0 Å². The summed E-state index contributed by atoms with van der Waals surface area (Å²) in [6.45, 7) is 3.99. The first-order valence-corrected chi connectivity index (χ1v) is 6.09. The van der Waals surface area contributed by atoms with Crippen LogP contribution in [0.5, 0.6) is 0 Å². The molecular weight excluding hydrogens is 236 g/mol. The zero-order chi connectivity index (χ0) is 13.8. The molecule has 2 aromatic carbocycles. The molecule has 0 unspecified atom stereocenters. The third-order valence-electron chi connectivity index (χ3n) is 3.01. The predicted octanol–water partition coefficient (Wildman–Crippen LogP) is 3.03. The van der Waals surface area contributed by atoms with Gasteiger partial charge in [0.1, 0.15) is 0 Å². The van der Waals surface area contributed by atoms with Crippen LogP contribution in [0, 0.1) is 13.8 Å². The molecule has 0 radical (unpaired) electrons. The Labute approximate surface area is 112 Å². The van der Waals surface area contributed by atoms with Gasteiger partial charge in [0.25, 0.3) is 0 Å². The van der Waals surface area contributed by atoms with E-state index in [0.717, 1.165) is 16.6 Å². The molecular formula is C15H18N4. The van der Waals surface area contributed by atoms with E-state index in [2.05, 4.69) is 23.0 Å². The molecule has 98 valence electrons. The average Bonchev–Trinajstić information content (AvgIpc) is 2.86. The van der Waals surface area contributed by atoms with E-state index in [0.29, 0.717) is 11.4 Å². The summed E-state index contributed by atoms with van der Waals surface area (Å²) in [5.41, 5.74) is 16.8. The molecule has 4 nitrogen and oxygen atoms in total. The number of anilines is 2. The van der Waals surface area contributed by atoms with Gasteiger partial charge in [-0.05, 0) is 37.1 Å². The SMILES string of the molecule is Cc1cccc(N)c1N.Cc1cccc2[nH]cnc12. The van der Waals surface area contributed by atoms with Crippen molar-refractivity contribution in [2.24, 2.45) is 0 Å². The van der Waals surface area contributed by atoms with E-state index < -0.39 is 0 Å². The summed E-state index contributed by atoms with van der Waals surface area (Å²) in [5.74, 6) is 0. The number of aromatic nitrogens is 2. The molecule has 19 heavy (non-hydrogen) atoms. The largest absolute Gasteiger partial charge is 0.397 e.